The third-order valence-corrected chi connectivity index (χ3v) is 2.77. The molecular formula is C12H16F2N4O. The zero-order chi connectivity index (χ0) is 13.8. The van der Waals surface area contributed by atoms with Gasteiger partial charge in [-0.1, -0.05) is 0 Å². The van der Waals surface area contributed by atoms with Gasteiger partial charge in [0.2, 0.25) is 5.91 Å². The second kappa shape index (κ2) is 5.81. The molecular weight excluding hydrogens is 254 g/mol. The third kappa shape index (κ3) is 4.04. The first-order valence-electron chi connectivity index (χ1n) is 6.21. The van der Waals surface area contributed by atoms with E-state index in [1.54, 1.807) is 0 Å². The van der Waals surface area contributed by atoms with Crippen molar-refractivity contribution in [3.05, 3.63) is 17.7 Å². The minimum absolute atomic E-state index is 0.00338. The number of pyridine rings is 1. The summed E-state index contributed by atoms with van der Waals surface area (Å²) in [5, 5.41) is 5.55. The lowest BCUT2D eigenvalue weighted by Gasteiger charge is -2.08. The lowest BCUT2D eigenvalue weighted by Crippen LogP contribution is -2.25. The number of nitrogens with one attached hydrogen (secondary N) is 2. The van der Waals surface area contributed by atoms with Gasteiger partial charge in [-0.05, 0) is 19.3 Å². The Bertz CT molecular complexity index is 477. The topological polar surface area (TPSA) is 80.0 Å². The molecule has 0 radical (unpaired) electrons. The van der Waals surface area contributed by atoms with Crippen molar-refractivity contribution in [3.8, 4) is 0 Å². The molecule has 1 aliphatic carbocycles. The summed E-state index contributed by atoms with van der Waals surface area (Å²) in [5.41, 5.74) is 5.25. The first kappa shape index (κ1) is 13.5. The van der Waals surface area contributed by atoms with E-state index >= 15 is 0 Å². The Hall–Kier alpha value is -1.92. The van der Waals surface area contributed by atoms with E-state index in [-0.39, 0.29) is 17.5 Å². The maximum Gasteiger partial charge on any atom is 0.220 e. The van der Waals surface area contributed by atoms with Gasteiger partial charge in [0.25, 0.3) is 0 Å². The van der Waals surface area contributed by atoms with Crippen LogP contribution >= 0.6 is 0 Å². The summed E-state index contributed by atoms with van der Waals surface area (Å²) < 4.78 is 26.2. The van der Waals surface area contributed by atoms with E-state index in [1.165, 1.54) is 0 Å². The molecule has 104 valence electrons. The maximum atomic E-state index is 13.3. The van der Waals surface area contributed by atoms with Crippen molar-refractivity contribution in [1.29, 1.82) is 0 Å². The predicted molar refractivity (Wildman–Crippen MR) is 67.5 cm³/mol. The van der Waals surface area contributed by atoms with Gasteiger partial charge in [0, 0.05) is 25.1 Å². The maximum absolute atomic E-state index is 13.3. The van der Waals surface area contributed by atoms with Gasteiger partial charge in [-0.15, -0.1) is 0 Å². The summed E-state index contributed by atoms with van der Waals surface area (Å²) >= 11 is 0. The van der Waals surface area contributed by atoms with E-state index in [4.69, 9.17) is 5.73 Å². The van der Waals surface area contributed by atoms with Crippen molar-refractivity contribution >= 4 is 17.5 Å². The molecule has 1 saturated carbocycles. The van der Waals surface area contributed by atoms with Crippen LogP contribution in [0.5, 0.6) is 0 Å². The SMILES string of the molecule is Nc1nc(NCCCC(=O)NC2CC2)c(F)cc1F. The van der Waals surface area contributed by atoms with Crippen LogP contribution in [-0.4, -0.2) is 23.5 Å². The van der Waals surface area contributed by atoms with Gasteiger partial charge < -0.3 is 16.4 Å². The van der Waals surface area contributed by atoms with Gasteiger partial charge in [-0.25, -0.2) is 13.8 Å². The minimum atomic E-state index is -0.883. The number of hydrogen-bond acceptors (Lipinski definition) is 4. The van der Waals surface area contributed by atoms with Crippen LogP contribution in [0.25, 0.3) is 0 Å². The molecule has 7 heteroatoms. The standard InChI is InChI=1S/C12H16F2N4O/c13-8-6-9(14)12(18-11(8)15)16-5-1-2-10(19)17-7-3-4-7/h6-7H,1-5H2,(H,17,19)(H3,15,16,18). The largest absolute Gasteiger partial charge is 0.381 e. The van der Waals surface area contributed by atoms with Gasteiger partial charge in [-0.3, -0.25) is 4.79 Å². The number of rotatable bonds is 6. The van der Waals surface area contributed by atoms with Gasteiger partial charge in [0.1, 0.15) is 0 Å². The van der Waals surface area contributed by atoms with Crippen LogP contribution in [0.3, 0.4) is 0 Å². The molecule has 0 unspecified atom stereocenters. The second-order valence-electron chi connectivity index (χ2n) is 4.56. The summed E-state index contributed by atoms with van der Waals surface area (Å²) in [6.45, 7) is 0.368. The molecule has 1 aromatic rings. The molecule has 1 aromatic heterocycles. The summed E-state index contributed by atoms with van der Waals surface area (Å²) in [6.07, 6.45) is 3.00. The number of nitrogens with two attached hydrogens (primary N) is 1. The fraction of sp³-hybridized carbons (Fsp3) is 0.500. The van der Waals surface area contributed by atoms with Crippen LogP contribution in [0, 0.1) is 11.6 Å². The smallest absolute Gasteiger partial charge is 0.220 e. The number of amides is 1. The highest BCUT2D eigenvalue weighted by Gasteiger charge is 2.22. The lowest BCUT2D eigenvalue weighted by atomic mass is 10.3. The van der Waals surface area contributed by atoms with Crippen LogP contribution < -0.4 is 16.4 Å². The first-order chi connectivity index (χ1) is 9.06. The Balaban J connectivity index is 1.72. The van der Waals surface area contributed by atoms with E-state index in [2.05, 4.69) is 15.6 Å². The average molecular weight is 270 g/mol. The van der Waals surface area contributed by atoms with Crippen LogP contribution in [0.1, 0.15) is 25.7 Å². The summed E-state index contributed by atoms with van der Waals surface area (Å²) in [5.74, 6) is -2.13. The molecule has 2 rings (SSSR count). The molecule has 5 nitrogen and oxygen atoms in total. The Morgan fingerprint density at radius 2 is 2.16 bits per heavy atom. The van der Waals surface area contributed by atoms with Gasteiger partial charge in [0.05, 0.1) is 0 Å². The Morgan fingerprint density at radius 1 is 1.42 bits per heavy atom. The monoisotopic (exact) mass is 270 g/mol. The molecule has 0 saturated heterocycles. The fourth-order valence-electron chi connectivity index (χ4n) is 1.59. The molecule has 0 spiro atoms. The van der Waals surface area contributed by atoms with Crippen molar-refractivity contribution < 1.29 is 13.6 Å². The van der Waals surface area contributed by atoms with Crippen molar-refractivity contribution in [1.82, 2.24) is 10.3 Å². The summed E-state index contributed by atoms with van der Waals surface area (Å²) in [6, 6.07) is 1.03. The first-order valence-corrected chi connectivity index (χ1v) is 6.21. The van der Waals surface area contributed by atoms with Crippen LogP contribution in [-0.2, 0) is 4.79 Å². The number of halogens is 2. The van der Waals surface area contributed by atoms with Crippen molar-refractivity contribution in [2.24, 2.45) is 0 Å². The van der Waals surface area contributed by atoms with Crippen molar-refractivity contribution in [2.45, 2.75) is 31.7 Å². The predicted octanol–water partition coefficient (Wildman–Crippen LogP) is 1.41. The number of nitrogen functional groups attached to an aromatic ring is 1. The number of anilines is 2. The van der Waals surface area contributed by atoms with Crippen molar-refractivity contribution in [2.75, 3.05) is 17.6 Å². The van der Waals surface area contributed by atoms with Crippen molar-refractivity contribution in [3.63, 3.8) is 0 Å². The molecule has 4 N–H and O–H groups in total. The number of carbonyl (C=O) groups excluding carboxylic acids is 1. The second-order valence-corrected chi connectivity index (χ2v) is 4.56. The molecule has 1 amide bonds. The number of aromatic nitrogens is 1. The lowest BCUT2D eigenvalue weighted by molar-refractivity contribution is -0.121. The van der Waals surface area contributed by atoms with Crippen LogP contribution in [0.4, 0.5) is 20.4 Å². The molecule has 0 aliphatic heterocycles. The molecule has 1 fully saturated rings. The molecule has 0 atom stereocenters. The van der Waals surface area contributed by atoms with Crippen LogP contribution in [0.15, 0.2) is 6.07 Å². The molecule has 0 aromatic carbocycles. The fourth-order valence-corrected chi connectivity index (χ4v) is 1.59. The van der Waals surface area contributed by atoms with E-state index in [0.717, 1.165) is 12.8 Å². The summed E-state index contributed by atoms with van der Waals surface area (Å²) in [4.78, 5) is 14.9. The Kier molecular flexibility index (Phi) is 4.13. The van der Waals surface area contributed by atoms with Gasteiger partial charge in [-0.2, -0.15) is 0 Å². The molecule has 19 heavy (non-hydrogen) atoms. The normalized spacial score (nSPS) is 14.2. The minimum Gasteiger partial charge on any atom is -0.381 e. The zero-order valence-corrected chi connectivity index (χ0v) is 10.4. The number of carbonyl (C=O) groups is 1. The molecule has 1 heterocycles. The van der Waals surface area contributed by atoms with E-state index in [1.807, 2.05) is 0 Å². The van der Waals surface area contributed by atoms with Gasteiger partial charge in [0.15, 0.2) is 23.3 Å². The molecule has 0 bridgehead atoms. The molecule has 1 aliphatic rings. The highest BCUT2D eigenvalue weighted by molar-refractivity contribution is 5.76. The summed E-state index contributed by atoms with van der Waals surface area (Å²) in [7, 11) is 0. The number of nitrogens with zero attached hydrogens (tertiary/aromatic N) is 1. The van der Waals surface area contributed by atoms with E-state index < -0.39 is 11.6 Å². The Labute approximate surface area is 109 Å². The van der Waals surface area contributed by atoms with E-state index in [9.17, 15) is 13.6 Å². The Morgan fingerprint density at radius 3 is 2.84 bits per heavy atom. The number of hydrogen-bond donors (Lipinski definition) is 3. The van der Waals surface area contributed by atoms with Gasteiger partial charge >= 0.3 is 0 Å². The third-order valence-electron chi connectivity index (χ3n) is 2.77. The van der Waals surface area contributed by atoms with Crippen LogP contribution in [0.2, 0.25) is 0 Å². The zero-order valence-electron chi connectivity index (χ0n) is 10.4. The highest BCUT2D eigenvalue weighted by atomic mass is 19.1. The quantitative estimate of drug-likeness (QED) is 0.683. The van der Waals surface area contributed by atoms with E-state index in [0.29, 0.717) is 31.5 Å². The average Bonchev–Trinajstić information content (AvgIpc) is 3.14. The highest BCUT2D eigenvalue weighted by Crippen LogP contribution is 2.19.